The monoisotopic (exact) mass is 170 g/mol. The molecule has 0 aromatic carbocycles. The van der Waals surface area contributed by atoms with Gasteiger partial charge in [-0.3, -0.25) is 4.79 Å². The van der Waals surface area contributed by atoms with Crippen LogP contribution < -0.4 is 0 Å². The van der Waals surface area contributed by atoms with E-state index in [0.717, 1.165) is 12.8 Å². The molecule has 1 rings (SSSR count). The predicted molar refractivity (Wildman–Crippen MR) is 44.6 cm³/mol. The van der Waals surface area contributed by atoms with Gasteiger partial charge in [0.1, 0.15) is 6.10 Å². The first-order valence-corrected chi connectivity index (χ1v) is 4.29. The van der Waals surface area contributed by atoms with Crippen molar-refractivity contribution < 1.29 is 14.6 Å². The van der Waals surface area contributed by atoms with Crippen molar-refractivity contribution in [2.45, 2.75) is 38.6 Å². The molecule has 0 unspecified atom stereocenters. The number of ketones is 1. The molecule has 0 saturated carbocycles. The summed E-state index contributed by atoms with van der Waals surface area (Å²) in [6.45, 7) is 2.06. The van der Waals surface area contributed by atoms with Crippen molar-refractivity contribution in [3.05, 3.63) is 12.2 Å². The minimum absolute atomic E-state index is 0.0336. The first kappa shape index (κ1) is 9.42. The Labute approximate surface area is 72.0 Å². The van der Waals surface area contributed by atoms with E-state index in [1.807, 2.05) is 0 Å². The summed E-state index contributed by atoms with van der Waals surface area (Å²) < 4.78 is 5.02. The number of aliphatic hydroxyl groups is 1. The fourth-order valence-electron chi connectivity index (χ4n) is 1.17. The zero-order valence-corrected chi connectivity index (χ0v) is 7.19. The fraction of sp³-hybridized carbons (Fsp3) is 0.667. The van der Waals surface area contributed by atoms with Gasteiger partial charge >= 0.3 is 0 Å². The summed E-state index contributed by atoms with van der Waals surface area (Å²) in [7, 11) is 0. The van der Waals surface area contributed by atoms with Crippen molar-refractivity contribution in [2.24, 2.45) is 0 Å². The van der Waals surface area contributed by atoms with Crippen molar-refractivity contribution in [3.8, 4) is 0 Å². The van der Waals surface area contributed by atoms with Gasteiger partial charge in [-0.25, -0.2) is 0 Å². The SMILES string of the molecule is CCCC[C@H]1O[C@H](O)C=CC1=O. The molecule has 0 amide bonds. The van der Waals surface area contributed by atoms with Gasteiger partial charge in [0.25, 0.3) is 0 Å². The molecular formula is C9H14O3. The van der Waals surface area contributed by atoms with Crippen LogP contribution in [0.2, 0.25) is 0 Å². The van der Waals surface area contributed by atoms with Gasteiger partial charge in [-0.05, 0) is 18.6 Å². The van der Waals surface area contributed by atoms with E-state index in [-0.39, 0.29) is 5.78 Å². The van der Waals surface area contributed by atoms with Gasteiger partial charge in [-0.1, -0.05) is 19.8 Å². The standard InChI is InChI=1S/C9H14O3/c1-2-3-4-8-7(10)5-6-9(11)12-8/h5-6,8-9,11H,2-4H2,1H3/t8-,9+/m1/s1. The Bertz CT molecular complexity index is 186. The number of carbonyl (C=O) groups excluding carboxylic acids is 1. The average Bonchev–Trinajstić information content (AvgIpc) is 2.07. The number of unbranched alkanes of at least 4 members (excludes halogenated alkanes) is 1. The highest BCUT2D eigenvalue weighted by molar-refractivity contribution is 5.94. The van der Waals surface area contributed by atoms with Gasteiger partial charge in [0, 0.05) is 0 Å². The van der Waals surface area contributed by atoms with Crippen LogP contribution in [0.15, 0.2) is 12.2 Å². The smallest absolute Gasteiger partial charge is 0.184 e. The summed E-state index contributed by atoms with van der Waals surface area (Å²) >= 11 is 0. The molecule has 0 aromatic heterocycles. The van der Waals surface area contributed by atoms with E-state index in [0.29, 0.717) is 6.42 Å². The number of rotatable bonds is 3. The maximum Gasteiger partial charge on any atom is 0.184 e. The number of carbonyl (C=O) groups is 1. The minimum Gasteiger partial charge on any atom is -0.365 e. The molecule has 12 heavy (non-hydrogen) atoms. The number of ether oxygens (including phenoxy) is 1. The lowest BCUT2D eigenvalue weighted by atomic mass is 10.1. The zero-order valence-electron chi connectivity index (χ0n) is 7.19. The van der Waals surface area contributed by atoms with Crippen molar-refractivity contribution >= 4 is 5.78 Å². The molecule has 0 fully saturated rings. The maximum absolute atomic E-state index is 11.1. The van der Waals surface area contributed by atoms with Gasteiger partial charge < -0.3 is 9.84 Å². The lowest BCUT2D eigenvalue weighted by molar-refractivity contribution is -0.148. The van der Waals surface area contributed by atoms with E-state index in [1.54, 1.807) is 0 Å². The summed E-state index contributed by atoms with van der Waals surface area (Å²) in [4.78, 5) is 11.1. The normalized spacial score (nSPS) is 29.3. The fourth-order valence-corrected chi connectivity index (χ4v) is 1.17. The molecule has 3 heteroatoms. The van der Waals surface area contributed by atoms with Crippen LogP contribution in [0.3, 0.4) is 0 Å². The molecule has 0 saturated heterocycles. The second-order valence-corrected chi connectivity index (χ2v) is 2.92. The highest BCUT2D eigenvalue weighted by Crippen LogP contribution is 2.13. The van der Waals surface area contributed by atoms with Crippen molar-refractivity contribution in [1.82, 2.24) is 0 Å². The lowest BCUT2D eigenvalue weighted by Crippen LogP contribution is -2.31. The molecule has 1 N–H and O–H groups in total. The Kier molecular flexibility index (Phi) is 3.44. The Hall–Kier alpha value is -0.670. The van der Waals surface area contributed by atoms with Crippen LogP contribution in [-0.2, 0) is 9.53 Å². The van der Waals surface area contributed by atoms with Crippen LogP contribution >= 0.6 is 0 Å². The molecule has 0 spiro atoms. The Balaban J connectivity index is 2.43. The first-order valence-electron chi connectivity index (χ1n) is 4.29. The largest absolute Gasteiger partial charge is 0.365 e. The third-order valence-electron chi connectivity index (χ3n) is 1.87. The summed E-state index contributed by atoms with van der Waals surface area (Å²) in [6.07, 6.45) is 4.13. The minimum atomic E-state index is -0.899. The van der Waals surface area contributed by atoms with Gasteiger partial charge in [0.2, 0.25) is 0 Å². The second kappa shape index (κ2) is 4.38. The molecule has 0 aliphatic carbocycles. The Morgan fingerprint density at radius 3 is 3.08 bits per heavy atom. The van der Waals surface area contributed by atoms with Crippen LogP contribution in [0.1, 0.15) is 26.2 Å². The molecule has 1 heterocycles. The van der Waals surface area contributed by atoms with E-state index in [4.69, 9.17) is 9.84 Å². The van der Waals surface area contributed by atoms with Crippen molar-refractivity contribution in [3.63, 3.8) is 0 Å². The summed E-state index contributed by atoms with van der Waals surface area (Å²) in [5, 5.41) is 9.04. The summed E-state index contributed by atoms with van der Waals surface area (Å²) in [5.74, 6) is -0.0336. The van der Waals surface area contributed by atoms with Gasteiger partial charge in [-0.15, -0.1) is 0 Å². The van der Waals surface area contributed by atoms with E-state index >= 15 is 0 Å². The van der Waals surface area contributed by atoms with Gasteiger partial charge in [0.15, 0.2) is 12.1 Å². The molecule has 0 bridgehead atoms. The van der Waals surface area contributed by atoms with E-state index in [9.17, 15) is 4.79 Å². The predicted octanol–water partition coefficient (Wildman–Crippen LogP) is 1.02. The Morgan fingerprint density at radius 2 is 2.42 bits per heavy atom. The van der Waals surface area contributed by atoms with Crippen LogP contribution in [0.4, 0.5) is 0 Å². The quantitative estimate of drug-likeness (QED) is 0.687. The van der Waals surface area contributed by atoms with Crippen molar-refractivity contribution in [1.29, 1.82) is 0 Å². The average molecular weight is 170 g/mol. The molecule has 68 valence electrons. The van der Waals surface area contributed by atoms with Crippen LogP contribution in [0.25, 0.3) is 0 Å². The molecule has 0 radical (unpaired) electrons. The third-order valence-corrected chi connectivity index (χ3v) is 1.87. The van der Waals surface area contributed by atoms with Crippen LogP contribution in [0, 0.1) is 0 Å². The highest BCUT2D eigenvalue weighted by Gasteiger charge is 2.22. The molecule has 1 aliphatic rings. The number of hydrogen-bond acceptors (Lipinski definition) is 3. The number of aliphatic hydroxyl groups excluding tert-OH is 1. The third kappa shape index (κ3) is 2.43. The van der Waals surface area contributed by atoms with Crippen molar-refractivity contribution in [2.75, 3.05) is 0 Å². The zero-order chi connectivity index (χ0) is 8.97. The first-order chi connectivity index (χ1) is 5.74. The second-order valence-electron chi connectivity index (χ2n) is 2.92. The van der Waals surface area contributed by atoms with E-state index in [2.05, 4.69) is 6.92 Å². The molecule has 0 aromatic rings. The Morgan fingerprint density at radius 1 is 1.67 bits per heavy atom. The molecule has 1 aliphatic heterocycles. The number of hydrogen-bond donors (Lipinski definition) is 1. The van der Waals surface area contributed by atoms with E-state index in [1.165, 1.54) is 12.2 Å². The topological polar surface area (TPSA) is 46.5 Å². The molecular weight excluding hydrogens is 156 g/mol. The van der Waals surface area contributed by atoms with E-state index < -0.39 is 12.4 Å². The molecule has 3 nitrogen and oxygen atoms in total. The van der Waals surface area contributed by atoms with Crippen LogP contribution in [-0.4, -0.2) is 23.3 Å². The van der Waals surface area contributed by atoms with Gasteiger partial charge in [-0.2, -0.15) is 0 Å². The molecule has 2 atom stereocenters. The van der Waals surface area contributed by atoms with Gasteiger partial charge in [0.05, 0.1) is 0 Å². The lowest BCUT2D eigenvalue weighted by Gasteiger charge is -2.20. The van der Waals surface area contributed by atoms with Crippen LogP contribution in [0.5, 0.6) is 0 Å². The summed E-state index contributed by atoms with van der Waals surface area (Å²) in [6, 6.07) is 0. The summed E-state index contributed by atoms with van der Waals surface area (Å²) in [5.41, 5.74) is 0. The highest BCUT2D eigenvalue weighted by atomic mass is 16.6. The maximum atomic E-state index is 11.1.